The van der Waals surface area contributed by atoms with E-state index in [1.165, 1.54) is 5.57 Å². The van der Waals surface area contributed by atoms with E-state index in [2.05, 4.69) is 59.1 Å². The van der Waals surface area contributed by atoms with Crippen LogP contribution in [0.5, 0.6) is 0 Å². The lowest BCUT2D eigenvalue weighted by Gasteiger charge is -2.35. The van der Waals surface area contributed by atoms with Gasteiger partial charge in [-0.05, 0) is 52.2 Å². The van der Waals surface area contributed by atoms with E-state index in [-0.39, 0.29) is 22.9 Å². The topological polar surface area (TPSA) is 41.1 Å². The fraction of sp³-hybridized carbons (Fsp3) is 0.864. The number of carbonyl (C=O) groups excluding carboxylic acids is 1. The second kappa shape index (κ2) is 14.4. The third kappa shape index (κ3) is 13.1. The minimum atomic E-state index is -0.102. The van der Waals surface area contributed by atoms with Crippen LogP contribution in [-0.2, 0) is 4.79 Å². The van der Waals surface area contributed by atoms with Crippen LogP contribution >= 0.6 is 0 Å². The summed E-state index contributed by atoms with van der Waals surface area (Å²) in [5.41, 5.74) is 1.18. The second-order valence-corrected chi connectivity index (χ2v) is 7.86. The predicted molar refractivity (Wildman–Crippen MR) is 115 cm³/mol. The average Bonchev–Trinajstić information content (AvgIpc) is 2.55. The van der Waals surface area contributed by atoms with E-state index in [4.69, 9.17) is 0 Å². The van der Waals surface area contributed by atoms with Crippen molar-refractivity contribution in [3.63, 3.8) is 0 Å². The van der Waals surface area contributed by atoms with Gasteiger partial charge in [-0.25, -0.2) is 0 Å². The maximum atomic E-state index is 12.7. The Balaban J connectivity index is -0.00000112. The molecule has 152 valence electrons. The molecule has 2 N–H and O–H groups in total. The van der Waals surface area contributed by atoms with Crippen molar-refractivity contribution >= 4 is 5.78 Å². The van der Waals surface area contributed by atoms with Crippen molar-refractivity contribution in [3.05, 3.63) is 11.8 Å². The molecule has 0 saturated carbocycles. The summed E-state index contributed by atoms with van der Waals surface area (Å²) in [7, 11) is 1.91. The summed E-state index contributed by atoms with van der Waals surface area (Å²) in [4.78, 5) is 12.7. The molecule has 3 nitrogen and oxygen atoms in total. The third-order valence-corrected chi connectivity index (χ3v) is 4.19. The standard InChI is InChI=1S/C18H36N2O.2C2H6/c1-10-13(2)16(21)15(20-17(4,5)6)11-18(7,8)14(3)12-19-9;2*1-2/h12-13,15,19-20H,10-11H2,1-9H3;2*1-2H3. The van der Waals surface area contributed by atoms with Gasteiger partial charge in [0.05, 0.1) is 6.04 Å². The fourth-order valence-electron chi connectivity index (χ4n) is 2.37. The minimum absolute atomic E-state index is 0.0188. The Labute approximate surface area is 159 Å². The van der Waals surface area contributed by atoms with Gasteiger partial charge in [0, 0.05) is 18.5 Å². The monoisotopic (exact) mass is 356 g/mol. The minimum Gasteiger partial charge on any atom is -0.394 e. The van der Waals surface area contributed by atoms with Crippen LogP contribution in [0.3, 0.4) is 0 Å². The van der Waals surface area contributed by atoms with Gasteiger partial charge < -0.3 is 10.6 Å². The first-order chi connectivity index (χ1) is 11.4. The van der Waals surface area contributed by atoms with Crippen LogP contribution < -0.4 is 10.6 Å². The van der Waals surface area contributed by atoms with Gasteiger partial charge in [-0.2, -0.15) is 0 Å². The fourth-order valence-corrected chi connectivity index (χ4v) is 2.37. The molecule has 2 atom stereocenters. The molecular formula is C22H48N2O. The summed E-state index contributed by atoms with van der Waals surface area (Å²) in [5.74, 6) is 0.437. The molecule has 0 aliphatic carbocycles. The first-order valence-corrected chi connectivity index (χ1v) is 10.1. The number of hydrogen-bond donors (Lipinski definition) is 2. The van der Waals surface area contributed by atoms with Crippen LogP contribution in [0.15, 0.2) is 11.8 Å². The van der Waals surface area contributed by atoms with E-state index in [0.29, 0.717) is 5.78 Å². The quantitative estimate of drug-likeness (QED) is 0.564. The highest BCUT2D eigenvalue weighted by Crippen LogP contribution is 2.32. The molecule has 0 radical (unpaired) electrons. The molecule has 0 fully saturated rings. The largest absolute Gasteiger partial charge is 0.394 e. The molecule has 0 spiro atoms. The number of carbonyl (C=O) groups is 1. The van der Waals surface area contributed by atoms with Crippen molar-refractivity contribution < 1.29 is 4.79 Å². The van der Waals surface area contributed by atoms with E-state index in [1.807, 2.05) is 47.9 Å². The Morgan fingerprint density at radius 1 is 1.04 bits per heavy atom. The van der Waals surface area contributed by atoms with E-state index < -0.39 is 0 Å². The van der Waals surface area contributed by atoms with Gasteiger partial charge in [-0.3, -0.25) is 4.79 Å². The lowest BCUT2D eigenvalue weighted by atomic mass is 9.77. The van der Waals surface area contributed by atoms with Crippen molar-refractivity contribution in [2.75, 3.05) is 7.05 Å². The molecule has 0 aliphatic heterocycles. The van der Waals surface area contributed by atoms with Crippen LogP contribution in [0.25, 0.3) is 0 Å². The van der Waals surface area contributed by atoms with E-state index in [0.717, 1.165) is 12.8 Å². The van der Waals surface area contributed by atoms with E-state index in [1.54, 1.807) is 0 Å². The molecule has 0 aliphatic rings. The number of ketones is 1. The summed E-state index contributed by atoms with van der Waals surface area (Å²) in [5, 5.41) is 6.62. The number of hydrogen-bond acceptors (Lipinski definition) is 3. The van der Waals surface area contributed by atoms with Crippen LogP contribution in [0.2, 0.25) is 0 Å². The SMILES string of the molecule is CC.CC.CCC(C)C(=O)C(CC(C)(C)C(C)=CNC)NC(C)(C)C. The van der Waals surface area contributed by atoms with Gasteiger partial charge in [-0.1, -0.05) is 61.0 Å². The van der Waals surface area contributed by atoms with Crippen molar-refractivity contribution in [3.8, 4) is 0 Å². The molecule has 2 unspecified atom stereocenters. The third-order valence-electron chi connectivity index (χ3n) is 4.19. The van der Waals surface area contributed by atoms with E-state index >= 15 is 0 Å². The zero-order chi connectivity index (χ0) is 20.8. The highest BCUT2D eigenvalue weighted by molar-refractivity contribution is 5.86. The average molecular weight is 357 g/mol. The van der Waals surface area contributed by atoms with Crippen molar-refractivity contribution in [1.82, 2.24) is 10.6 Å². The molecule has 0 rings (SSSR count). The number of Topliss-reactive ketones (excluding diaryl/α,β-unsaturated/α-hetero) is 1. The molecule has 0 aromatic rings. The van der Waals surface area contributed by atoms with Gasteiger partial charge in [0.2, 0.25) is 0 Å². The second-order valence-electron chi connectivity index (χ2n) is 7.86. The first-order valence-electron chi connectivity index (χ1n) is 10.1. The molecule has 0 aromatic carbocycles. The molecule has 0 aromatic heterocycles. The van der Waals surface area contributed by atoms with E-state index in [9.17, 15) is 4.79 Å². The first kappa shape index (κ1) is 29.0. The molecule has 0 bridgehead atoms. The number of rotatable bonds is 8. The van der Waals surface area contributed by atoms with Crippen molar-refractivity contribution in [2.45, 2.75) is 108 Å². The summed E-state index contributed by atoms with van der Waals surface area (Å²) in [6.07, 6.45) is 3.74. The molecule has 0 heterocycles. The smallest absolute Gasteiger partial charge is 0.152 e. The molecule has 0 saturated heterocycles. The zero-order valence-corrected chi connectivity index (χ0v) is 19.6. The summed E-state index contributed by atoms with van der Waals surface area (Å²) < 4.78 is 0. The Morgan fingerprint density at radius 2 is 1.48 bits per heavy atom. The maximum absolute atomic E-state index is 12.7. The van der Waals surface area contributed by atoms with Crippen LogP contribution in [-0.4, -0.2) is 24.4 Å². The Morgan fingerprint density at radius 3 is 1.80 bits per heavy atom. The van der Waals surface area contributed by atoms with Crippen LogP contribution in [0, 0.1) is 11.3 Å². The van der Waals surface area contributed by atoms with Gasteiger partial charge in [0.25, 0.3) is 0 Å². The van der Waals surface area contributed by atoms with Crippen LogP contribution in [0.4, 0.5) is 0 Å². The predicted octanol–water partition coefficient (Wildman–Crippen LogP) is 5.95. The van der Waals surface area contributed by atoms with Gasteiger partial charge in [0.15, 0.2) is 5.78 Å². The van der Waals surface area contributed by atoms with Gasteiger partial charge in [-0.15, -0.1) is 0 Å². The van der Waals surface area contributed by atoms with Gasteiger partial charge in [0.1, 0.15) is 0 Å². The summed E-state index contributed by atoms with van der Waals surface area (Å²) in [6, 6.07) is -0.102. The highest BCUT2D eigenvalue weighted by atomic mass is 16.1. The molecule has 3 heteroatoms. The highest BCUT2D eigenvalue weighted by Gasteiger charge is 2.33. The summed E-state index contributed by atoms with van der Waals surface area (Å²) in [6.45, 7) is 25.0. The lowest BCUT2D eigenvalue weighted by molar-refractivity contribution is -0.125. The number of nitrogens with one attached hydrogen (secondary N) is 2. The Kier molecular flexibility index (Phi) is 16.6. The molecule has 25 heavy (non-hydrogen) atoms. The molecular weight excluding hydrogens is 308 g/mol. The lowest BCUT2D eigenvalue weighted by Crippen LogP contribution is -2.51. The summed E-state index contributed by atoms with van der Waals surface area (Å²) >= 11 is 0. The molecule has 0 amide bonds. The Bertz CT molecular complexity index is 365. The van der Waals surface area contributed by atoms with Gasteiger partial charge >= 0.3 is 0 Å². The van der Waals surface area contributed by atoms with Crippen molar-refractivity contribution in [2.24, 2.45) is 11.3 Å². The maximum Gasteiger partial charge on any atom is 0.152 e. The van der Waals surface area contributed by atoms with Crippen molar-refractivity contribution in [1.29, 1.82) is 0 Å². The Hall–Kier alpha value is -0.830. The normalized spacial score (nSPS) is 14.4. The zero-order valence-electron chi connectivity index (χ0n) is 19.6. The number of allylic oxidation sites excluding steroid dienone is 1. The van der Waals surface area contributed by atoms with Crippen LogP contribution in [0.1, 0.15) is 95.9 Å².